The summed E-state index contributed by atoms with van der Waals surface area (Å²) in [5.74, 6) is 0. The first kappa shape index (κ1) is 29.7. The number of hydrogen-bond donors (Lipinski definition) is 0. The number of unbranched alkanes of at least 4 members (excludes halogenated alkanes) is 4. The zero-order valence-corrected chi connectivity index (χ0v) is 25.3. The molecule has 8 heteroatoms. The maximum absolute atomic E-state index is 7.42. The van der Waals surface area contributed by atoms with E-state index in [2.05, 4.69) is 54.0 Å². The molecule has 0 unspecified atom stereocenters. The number of rotatable bonds is 16. The van der Waals surface area contributed by atoms with E-state index in [0.717, 1.165) is 75.5 Å². The monoisotopic (exact) mass is 512 g/mol. The average Bonchev–Trinajstić information content (AvgIpc) is 2.81. The zero-order valence-electron chi connectivity index (χ0n) is 21.3. The Morgan fingerprint density at radius 2 is 0.750 bits per heavy atom. The van der Waals surface area contributed by atoms with Gasteiger partial charge in [0, 0.05) is 0 Å². The molecule has 0 amide bonds. The topological polar surface area (TPSA) is 36.9 Å². The molecule has 0 radical (unpaired) electrons. The molecule has 0 aromatic heterocycles. The van der Waals surface area contributed by atoms with Crippen molar-refractivity contribution in [3.05, 3.63) is 49.1 Å². The summed E-state index contributed by atoms with van der Waals surface area (Å²) >= 11 is 0. The van der Waals surface area contributed by atoms with E-state index < -0.39 is 34.2 Å². The molecule has 4 nitrogen and oxygen atoms in total. The van der Waals surface area contributed by atoms with E-state index in [1.807, 2.05) is 22.8 Å². The van der Waals surface area contributed by atoms with Crippen molar-refractivity contribution in [2.45, 2.75) is 103 Å². The van der Waals surface area contributed by atoms with Crippen molar-refractivity contribution in [3.63, 3.8) is 0 Å². The molecular formula is C24H48O4Si4. The Morgan fingerprint density at radius 1 is 0.469 bits per heavy atom. The summed E-state index contributed by atoms with van der Waals surface area (Å²) in [5, 5.41) is 0. The molecule has 32 heavy (non-hydrogen) atoms. The molecule has 1 saturated heterocycles. The maximum Gasteiger partial charge on any atom is 0.373 e. The average molecular weight is 513 g/mol. The fraction of sp³-hybridized carbons (Fsp3) is 0.667. The van der Waals surface area contributed by atoms with Crippen molar-refractivity contribution >= 4 is 34.2 Å². The molecule has 0 aromatic carbocycles. The lowest BCUT2D eigenvalue weighted by atomic mass is 10.4. The minimum absolute atomic E-state index is 0.969. The minimum Gasteiger partial charge on any atom is -0.415 e. The van der Waals surface area contributed by atoms with Crippen LogP contribution in [-0.2, 0) is 16.5 Å². The molecule has 1 fully saturated rings. The second-order valence-electron chi connectivity index (χ2n) is 8.90. The second-order valence-corrected chi connectivity index (χ2v) is 22.3. The highest BCUT2D eigenvalue weighted by molar-refractivity contribution is 7.00. The van der Waals surface area contributed by atoms with Gasteiger partial charge in [0.2, 0.25) is 0 Å². The van der Waals surface area contributed by atoms with Gasteiger partial charge in [-0.1, -0.05) is 79.1 Å². The Bertz CT molecular complexity index is 529. The standard InChI is InChI=1S/C24H48O4Si4/c1-9-17-21-31(22-18-10-2)26-29(13-5,14-6)25-30(15-7,16-8)27-32(28-31,23-19-11-3)24-20-12-4/h13-16H,5-12,17-24H2,1-4H3. The predicted octanol–water partition coefficient (Wildman–Crippen LogP) is 7.94. The molecule has 0 spiro atoms. The van der Waals surface area contributed by atoms with E-state index in [9.17, 15) is 0 Å². The summed E-state index contributed by atoms with van der Waals surface area (Å²) in [4.78, 5) is 0. The van der Waals surface area contributed by atoms with E-state index in [1.54, 1.807) is 0 Å². The Hall–Kier alpha value is -0.332. The first-order chi connectivity index (χ1) is 15.3. The van der Waals surface area contributed by atoms with Crippen LogP contribution in [-0.4, -0.2) is 34.2 Å². The molecule has 0 atom stereocenters. The molecule has 1 rings (SSSR count). The van der Waals surface area contributed by atoms with Crippen LogP contribution in [0.3, 0.4) is 0 Å². The van der Waals surface area contributed by atoms with Gasteiger partial charge in [-0.3, -0.25) is 0 Å². The van der Waals surface area contributed by atoms with E-state index in [0.29, 0.717) is 0 Å². The van der Waals surface area contributed by atoms with Crippen molar-refractivity contribution in [2.75, 3.05) is 0 Å². The molecule has 1 aliphatic rings. The summed E-state index contributed by atoms with van der Waals surface area (Å²) in [7, 11) is -11.2. The first-order valence-corrected chi connectivity index (χ1v) is 21.1. The van der Waals surface area contributed by atoms with Gasteiger partial charge < -0.3 is 16.5 Å². The van der Waals surface area contributed by atoms with Crippen LogP contribution in [0.25, 0.3) is 0 Å². The SMILES string of the molecule is C=C[Si]1(C=C)O[Si](C=C)(C=C)O[Si](CCCC)(CCCC)O[Si](CCCC)(CCCC)O1. The van der Waals surface area contributed by atoms with Gasteiger partial charge in [-0.2, -0.15) is 0 Å². The van der Waals surface area contributed by atoms with Crippen LogP contribution in [0.2, 0.25) is 24.2 Å². The Kier molecular flexibility index (Phi) is 13.1. The third kappa shape index (κ3) is 7.87. The Morgan fingerprint density at radius 3 is 0.969 bits per heavy atom. The largest absolute Gasteiger partial charge is 0.415 e. The molecule has 0 saturated carbocycles. The van der Waals surface area contributed by atoms with Gasteiger partial charge in [0.25, 0.3) is 0 Å². The summed E-state index contributed by atoms with van der Waals surface area (Å²) in [5.41, 5.74) is 7.36. The lowest BCUT2D eigenvalue weighted by molar-refractivity contribution is 0.229. The summed E-state index contributed by atoms with van der Waals surface area (Å²) in [6.45, 7) is 25.4. The highest BCUT2D eigenvalue weighted by Crippen LogP contribution is 2.41. The summed E-state index contributed by atoms with van der Waals surface area (Å²) < 4.78 is 28.5. The molecule has 0 N–H and O–H groups in total. The van der Waals surface area contributed by atoms with Gasteiger partial charge >= 0.3 is 34.2 Å². The fourth-order valence-electron chi connectivity index (χ4n) is 4.20. The first-order valence-electron chi connectivity index (χ1n) is 12.7. The van der Waals surface area contributed by atoms with Gasteiger partial charge in [-0.15, -0.1) is 26.3 Å². The van der Waals surface area contributed by atoms with Gasteiger partial charge in [0.05, 0.1) is 0 Å². The smallest absolute Gasteiger partial charge is 0.373 e. The maximum atomic E-state index is 7.42. The van der Waals surface area contributed by atoms with Gasteiger partial charge in [-0.25, -0.2) is 0 Å². The van der Waals surface area contributed by atoms with Crippen molar-refractivity contribution in [3.8, 4) is 0 Å². The molecule has 184 valence electrons. The third-order valence-electron chi connectivity index (χ3n) is 6.17. The van der Waals surface area contributed by atoms with Crippen LogP contribution in [0.15, 0.2) is 49.1 Å². The van der Waals surface area contributed by atoms with Crippen molar-refractivity contribution < 1.29 is 16.5 Å². The summed E-state index contributed by atoms with van der Waals surface area (Å²) in [6.07, 6.45) is 8.81. The highest BCUT2D eigenvalue weighted by atomic mass is 28.5. The van der Waals surface area contributed by atoms with Crippen LogP contribution in [0.1, 0.15) is 79.1 Å². The molecule has 1 aliphatic heterocycles. The van der Waals surface area contributed by atoms with Crippen LogP contribution in [0.4, 0.5) is 0 Å². The minimum atomic E-state index is -2.97. The molecule has 0 bridgehead atoms. The molecular weight excluding hydrogens is 465 g/mol. The van der Waals surface area contributed by atoms with Gasteiger partial charge in [0.15, 0.2) is 0 Å². The van der Waals surface area contributed by atoms with Gasteiger partial charge in [-0.05, 0) is 47.0 Å². The lowest BCUT2D eigenvalue weighted by Gasteiger charge is -2.51. The lowest BCUT2D eigenvalue weighted by Crippen LogP contribution is -2.68. The van der Waals surface area contributed by atoms with Crippen LogP contribution in [0.5, 0.6) is 0 Å². The van der Waals surface area contributed by atoms with Crippen LogP contribution in [0, 0.1) is 0 Å². The van der Waals surface area contributed by atoms with Crippen LogP contribution < -0.4 is 0 Å². The van der Waals surface area contributed by atoms with E-state index in [1.165, 1.54) is 0 Å². The fourth-order valence-corrected chi connectivity index (χ4v) is 26.1. The number of hydrogen-bond acceptors (Lipinski definition) is 4. The Balaban J connectivity index is 3.70. The highest BCUT2D eigenvalue weighted by Gasteiger charge is 2.59. The van der Waals surface area contributed by atoms with Crippen molar-refractivity contribution in [1.82, 2.24) is 0 Å². The second kappa shape index (κ2) is 14.2. The zero-order chi connectivity index (χ0) is 24.1. The van der Waals surface area contributed by atoms with Gasteiger partial charge in [0.1, 0.15) is 0 Å². The normalized spacial score (nSPS) is 21.1. The van der Waals surface area contributed by atoms with Crippen molar-refractivity contribution in [2.24, 2.45) is 0 Å². The molecule has 1 heterocycles. The molecule has 0 aromatic rings. The van der Waals surface area contributed by atoms with Crippen molar-refractivity contribution in [1.29, 1.82) is 0 Å². The summed E-state index contributed by atoms with van der Waals surface area (Å²) in [6, 6.07) is 3.87. The predicted molar refractivity (Wildman–Crippen MR) is 147 cm³/mol. The molecule has 0 aliphatic carbocycles. The van der Waals surface area contributed by atoms with E-state index >= 15 is 0 Å². The third-order valence-corrected chi connectivity index (χ3v) is 24.0. The Labute approximate surface area is 202 Å². The quantitative estimate of drug-likeness (QED) is 0.197. The van der Waals surface area contributed by atoms with E-state index in [-0.39, 0.29) is 0 Å². The van der Waals surface area contributed by atoms with Crippen LogP contribution >= 0.6 is 0 Å². The van der Waals surface area contributed by atoms with E-state index in [4.69, 9.17) is 16.5 Å².